The zero-order chi connectivity index (χ0) is 24.5. The maximum Gasteiger partial charge on any atom is 0.419 e. The van der Waals surface area contributed by atoms with E-state index in [2.05, 4.69) is 16.0 Å². The maximum absolute atomic E-state index is 14.2. The first-order valence-electron chi connectivity index (χ1n) is 11.1. The van der Waals surface area contributed by atoms with Gasteiger partial charge in [0.15, 0.2) is 17.3 Å². The van der Waals surface area contributed by atoms with Gasteiger partial charge in [0.2, 0.25) is 0 Å². The first kappa shape index (κ1) is 24.1. The molecule has 6 nitrogen and oxygen atoms in total. The van der Waals surface area contributed by atoms with Gasteiger partial charge in [0.05, 0.1) is 25.5 Å². The number of benzene rings is 2. The molecule has 3 atom stereocenters. The number of alkyl halides is 3. The van der Waals surface area contributed by atoms with Gasteiger partial charge in [-0.2, -0.15) is 13.2 Å². The number of halogens is 4. The average Bonchev–Trinajstić information content (AvgIpc) is 3.23. The van der Waals surface area contributed by atoms with E-state index in [1.54, 1.807) is 14.2 Å². The first-order chi connectivity index (χ1) is 16.2. The fourth-order valence-electron chi connectivity index (χ4n) is 5.24. The van der Waals surface area contributed by atoms with Crippen molar-refractivity contribution in [2.24, 2.45) is 0 Å². The van der Waals surface area contributed by atoms with Crippen LogP contribution >= 0.6 is 0 Å². The molecular formula is C24H27F4N3O3. The van der Waals surface area contributed by atoms with Gasteiger partial charge in [-0.25, -0.2) is 9.18 Å². The Labute approximate surface area is 195 Å². The molecule has 10 heteroatoms. The van der Waals surface area contributed by atoms with Crippen LogP contribution in [-0.4, -0.2) is 38.9 Å². The number of methoxy groups -OCH3 is 2. The Hall–Kier alpha value is -3.01. The van der Waals surface area contributed by atoms with E-state index in [1.807, 2.05) is 18.2 Å². The second kappa shape index (κ2) is 9.32. The highest BCUT2D eigenvalue weighted by Gasteiger charge is 2.48. The summed E-state index contributed by atoms with van der Waals surface area (Å²) in [4.78, 5) is 12.5. The van der Waals surface area contributed by atoms with Gasteiger partial charge in [-0.05, 0) is 62.1 Å². The van der Waals surface area contributed by atoms with Crippen LogP contribution in [0.4, 0.5) is 28.0 Å². The molecule has 2 aromatic carbocycles. The molecule has 0 bridgehead atoms. The summed E-state index contributed by atoms with van der Waals surface area (Å²) >= 11 is 0. The van der Waals surface area contributed by atoms with Crippen molar-refractivity contribution >= 4 is 11.7 Å². The minimum atomic E-state index is -4.84. The average molecular weight is 481 g/mol. The minimum Gasteiger partial charge on any atom is -0.493 e. The van der Waals surface area contributed by atoms with Crippen molar-refractivity contribution < 1.29 is 31.8 Å². The highest BCUT2D eigenvalue weighted by atomic mass is 19.4. The van der Waals surface area contributed by atoms with Crippen molar-refractivity contribution in [3.05, 3.63) is 53.3 Å². The SMILES string of the molecule is COc1ccc([C@]23CCN[C@H]2C[C@H](NC(=O)Nc2cccc(C(F)(F)F)c2F)CC3)cc1OC. The van der Waals surface area contributed by atoms with E-state index in [-0.39, 0.29) is 17.5 Å². The number of urea groups is 1. The van der Waals surface area contributed by atoms with Gasteiger partial charge in [0.25, 0.3) is 0 Å². The van der Waals surface area contributed by atoms with Crippen LogP contribution in [0, 0.1) is 5.82 Å². The number of anilines is 1. The number of nitrogens with one attached hydrogen (secondary N) is 3. The molecule has 1 aliphatic heterocycles. The molecule has 2 aliphatic rings. The molecule has 1 saturated carbocycles. The van der Waals surface area contributed by atoms with Gasteiger partial charge in [-0.1, -0.05) is 12.1 Å². The number of amides is 2. The van der Waals surface area contributed by atoms with Gasteiger partial charge < -0.3 is 25.4 Å². The molecule has 0 unspecified atom stereocenters. The van der Waals surface area contributed by atoms with Gasteiger partial charge in [0.1, 0.15) is 0 Å². The lowest BCUT2D eigenvalue weighted by molar-refractivity contribution is -0.139. The Morgan fingerprint density at radius 1 is 1.12 bits per heavy atom. The number of rotatable bonds is 5. The quantitative estimate of drug-likeness (QED) is 0.535. The molecule has 34 heavy (non-hydrogen) atoms. The topological polar surface area (TPSA) is 71.6 Å². The summed E-state index contributed by atoms with van der Waals surface area (Å²) < 4.78 is 63.9. The minimum absolute atomic E-state index is 0.0925. The molecule has 1 aliphatic carbocycles. The Bertz CT molecular complexity index is 1060. The third-order valence-corrected chi connectivity index (χ3v) is 6.93. The van der Waals surface area contributed by atoms with Crippen LogP contribution in [0.2, 0.25) is 0 Å². The Balaban J connectivity index is 1.44. The highest BCUT2D eigenvalue weighted by Crippen LogP contribution is 2.47. The molecule has 1 saturated heterocycles. The van der Waals surface area contributed by atoms with E-state index in [1.165, 1.54) is 0 Å². The van der Waals surface area contributed by atoms with Crippen LogP contribution in [0.25, 0.3) is 0 Å². The third kappa shape index (κ3) is 4.51. The number of carbonyl (C=O) groups is 1. The predicted octanol–water partition coefficient (Wildman–Crippen LogP) is 4.84. The molecule has 1 heterocycles. The normalized spacial score (nSPS) is 24.3. The number of fused-ring (bicyclic) bond motifs is 1. The van der Waals surface area contributed by atoms with Crippen molar-refractivity contribution in [3.63, 3.8) is 0 Å². The van der Waals surface area contributed by atoms with E-state index in [0.29, 0.717) is 30.4 Å². The molecule has 0 aromatic heterocycles. The van der Waals surface area contributed by atoms with Crippen molar-refractivity contribution in [2.75, 3.05) is 26.1 Å². The lowest BCUT2D eigenvalue weighted by Crippen LogP contribution is -2.52. The number of ether oxygens (including phenoxy) is 2. The van der Waals surface area contributed by atoms with Crippen molar-refractivity contribution in [1.82, 2.24) is 10.6 Å². The molecule has 2 aromatic rings. The van der Waals surface area contributed by atoms with Crippen molar-refractivity contribution in [1.29, 1.82) is 0 Å². The van der Waals surface area contributed by atoms with E-state index in [0.717, 1.165) is 37.1 Å². The smallest absolute Gasteiger partial charge is 0.419 e. The fourth-order valence-corrected chi connectivity index (χ4v) is 5.24. The second-order valence-electron chi connectivity index (χ2n) is 8.72. The van der Waals surface area contributed by atoms with Crippen LogP contribution in [0.5, 0.6) is 11.5 Å². The number of carbonyl (C=O) groups excluding carboxylic acids is 1. The molecule has 4 rings (SSSR count). The van der Waals surface area contributed by atoms with Crippen molar-refractivity contribution in [2.45, 2.75) is 49.4 Å². The summed E-state index contributed by atoms with van der Waals surface area (Å²) in [6.07, 6.45) is -1.81. The zero-order valence-electron chi connectivity index (χ0n) is 18.9. The summed E-state index contributed by atoms with van der Waals surface area (Å²) in [6.45, 7) is 0.827. The van der Waals surface area contributed by atoms with E-state index < -0.39 is 29.3 Å². The summed E-state index contributed by atoms with van der Waals surface area (Å²) in [6, 6.07) is 7.87. The van der Waals surface area contributed by atoms with Gasteiger partial charge in [-0.3, -0.25) is 0 Å². The molecule has 2 amide bonds. The van der Waals surface area contributed by atoms with Crippen LogP contribution in [0.1, 0.15) is 36.8 Å². The zero-order valence-corrected chi connectivity index (χ0v) is 18.9. The number of hydrogen-bond donors (Lipinski definition) is 3. The molecule has 2 fully saturated rings. The predicted molar refractivity (Wildman–Crippen MR) is 119 cm³/mol. The summed E-state index contributed by atoms with van der Waals surface area (Å²) in [5.74, 6) is -0.194. The third-order valence-electron chi connectivity index (χ3n) is 6.93. The molecule has 3 N–H and O–H groups in total. The van der Waals surface area contributed by atoms with E-state index >= 15 is 0 Å². The molecule has 0 spiro atoms. The van der Waals surface area contributed by atoms with Crippen LogP contribution in [0.3, 0.4) is 0 Å². The summed E-state index contributed by atoms with van der Waals surface area (Å²) in [7, 11) is 3.18. The molecular weight excluding hydrogens is 454 g/mol. The largest absolute Gasteiger partial charge is 0.493 e. The highest BCUT2D eigenvalue weighted by molar-refractivity contribution is 5.89. The lowest BCUT2D eigenvalue weighted by atomic mass is 9.65. The van der Waals surface area contributed by atoms with Gasteiger partial charge in [-0.15, -0.1) is 0 Å². The second-order valence-corrected chi connectivity index (χ2v) is 8.72. The Kier molecular flexibility index (Phi) is 6.62. The van der Waals surface area contributed by atoms with E-state index in [4.69, 9.17) is 9.47 Å². The standard InChI is InChI=1S/C24H27F4N3O3/c1-33-18-7-6-14(12-19(18)34-2)23-9-8-15(13-20(23)29-11-10-23)30-22(32)31-17-5-3-4-16(21(17)25)24(26,27)28/h3-7,12,15,20,29H,8-11,13H2,1-2H3,(H2,30,31,32)/t15-,20+,23+/m1/s1. The maximum atomic E-state index is 14.2. The summed E-state index contributed by atoms with van der Waals surface area (Å²) in [5, 5.41) is 8.54. The molecule has 0 radical (unpaired) electrons. The van der Waals surface area contributed by atoms with E-state index in [9.17, 15) is 22.4 Å². The van der Waals surface area contributed by atoms with Crippen LogP contribution < -0.4 is 25.4 Å². The first-order valence-corrected chi connectivity index (χ1v) is 11.1. The van der Waals surface area contributed by atoms with Crippen LogP contribution in [-0.2, 0) is 11.6 Å². The Morgan fingerprint density at radius 2 is 1.88 bits per heavy atom. The fraction of sp³-hybridized carbons (Fsp3) is 0.458. The van der Waals surface area contributed by atoms with Gasteiger partial charge >= 0.3 is 12.2 Å². The summed E-state index contributed by atoms with van der Waals surface area (Å²) in [5.41, 5.74) is -0.921. The lowest BCUT2D eigenvalue weighted by Gasteiger charge is -2.43. The van der Waals surface area contributed by atoms with Crippen LogP contribution in [0.15, 0.2) is 36.4 Å². The monoisotopic (exact) mass is 481 g/mol. The van der Waals surface area contributed by atoms with Crippen molar-refractivity contribution in [3.8, 4) is 11.5 Å². The van der Waals surface area contributed by atoms with Gasteiger partial charge in [0, 0.05) is 17.5 Å². The molecule has 184 valence electrons. The number of hydrogen-bond acceptors (Lipinski definition) is 4. The Morgan fingerprint density at radius 3 is 2.59 bits per heavy atom.